The summed E-state index contributed by atoms with van der Waals surface area (Å²) in [7, 11) is -4.87. The van der Waals surface area contributed by atoms with E-state index >= 15 is 0 Å². The number of hydrogen-bond acceptors (Lipinski definition) is 5. The number of hydroxylamine groups is 1. The first kappa shape index (κ1) is 16.0. The lowest BCUT2D eigenvalue weighted by atomic mass is 9.96. The Bertz CT molecular complexity index is 527. The van der Waals surface area contributed by atoms with Crippen LogP contribution in [0, 0.1) is 0 Å². The fourth-order valence-corrected chi connectivity index (χ4v) is 2.26. The van der Waals surface area contributed by atoms with E-state index in [1.165, 1.54) is 12.0 Å². The Morgan fingerprint density at radius 3 is 2.43 bits per heavy atom. The quantitative estimate of drug-likeness (QED) is 0.612. The van der Waals surface area contributed by atoms with Crippen molar-refractivity contribution in [3.8, 4) is 0 Å². The van der Waals surface area contributed by atoms with Crippen molar-refractivity contribution in [3.63, 3.8) is 0 Å². The average Bonchev–Trinajstić information content (AvgIpc) is 2.36. The molecule has 1 aromatic carbocycles. The lowest BCUT2D eigenvalue weighted by Crippen LogP contribution is -2.43. The third kappa shape index (κ3) is 4.54. The number of benzene rings is 1. The Kier molecular flexibility index (Phi) is 5.00. The van der Waals surface area contributed by atoms with E-state index < -0.39 is 19.8 Å². The summed E-state index contributed by atoms with van der Waals surface area (Å²) in [4.78, 5) is 35.0. The van der Waals surface area contributed by atoms with Crippen LogP contribution in [0.15, 0.2) is 30.3 Å². The minimum Gasteiger partial charge on any atom is -0.369 e. The van der Waals surface area contributed by atoms with E-state index in [0.29, 0.717) is 5.69 Å². The van der Waals surface area contributed by atoms with Crippen molar-refractivity contribution in [1.82, 2.24) is 0 Å². The van der Waals surface area contributed by atoms with Gasteiger partial charge in [-0.3, -0.25) is 14.6 Å². The van der Waals surface area contributed by atoms with Crippen molar-refractivity contribution < 1.29 is 28.5 Å². The standard InChI is InChI=1S/C13H18NO6P/c1-10(13(15)20-21(16,17)18)14(19-12-8-5-9-12)11-6-3-2-4-7-11/h2-4,6-7,10,12H,5,8-9H2,1H3,(H2,16,17,18)/t10-/m0/s1. The fraction of sp³-hybridized carbons (Fsp3) is 0.462. The Hall–Kier alpha value is -1.40. The molecule has 0 amide bonds. The van der Waals surface area contributed by atoms with Crippen molar-refractivity contribution in [2.45, 2.75) is 38.3 Å². The Balaban J connectivity index is 2.14. The molecule has 2 rings (SSSR count). The van der Waals surface area contributed by atoms with Gasteiger partial charge in [0.25, 0.3) is 0 Å². The van der Waals surface area contributed by atoms with E-state index in [2.05, 4.69) is 4.52 Å². The van der Waals surface area contributed by atoms with Crippen LogP contribution < -0.4 is 5.06 Å². The molecule has 116 valence electrons. The fourth-order valence-electron chi connectivity index (χ4n) is 1.88. The Morgan fingerprint density at radius 2 is 1.95 bits per heavy atom. The number of para-hydroxylation sites is 1. The van der Waals surface area contributed by atoms with Crippen molar-refractivity contribution in [1.29, 1.82) is 0 Å². The highest BCUT2D eigenvalue weighted by atomic mass is 31.2. The molecule has 0 unspecified atom stereocenters. The molecule has 1 atom stereocenters. The molecule has 0 heterocycles. The number of carbonyl (C=O) groups is 1. The van der Waals surface area contributed by atoms with Crippen LogP contribution in [0.3, 0.4) is 0 Å². The second kappa shape index (κ2) is 6.58. The van der Waals surface area contributed by atoms with Crippen molar-refractivity contribution in [2.75, 3.05) is 5.06 Å². The Labute approximate surface area is 122 Å². The summed E-state index contributed by atoms with van der Waals surface area (Å²) in [6.07, 6.45) is 2.86. The third-order valence-electron chi connectivity index (χ3n) is 3.23. The van der Waals surface area contributed by atoms with Gasteiger partial charge in [0.15, 0.2) is 6.04 Å². The molecule has 1 fully saturated rings. The molecule has 7 nitrogen and oxygen atoms in total. The number of phosphoric acid groups is 1. The molecule has 1 aliphatic rings. The third-order valence-corrected chi connectivity index (χ3v) is 3.65. The van der Waals surface area contributed by atoms with Gasteiger partial charge in [0.1, 0.15) is 0 Å². The highest BCUT2D eigenvalue weighted by Crippen LogP contribution is 2.37. The molecule has 1 aliphatic carbocycles. The second-order valence-corrected chi connectivity index (χ2v) is 6.06. The summed E-state index contributed by atoms with van der Waals surface area (Å²) in [5, 5.41) is 1.35. The molecule has 2 N–H and O–H groups in total. The zero-order valence-corrected chi connectivity index (χ0v) is 12.5. The van der Waals surface area contributed by atoms with Gasteiger partial charge in [-0.05, 0) is 38.3 Å². The summed E-state index contributed by atoms with van der Waals surface area (Å²) in [6.45, 7) is 1.48. The van der Waals surface area contributed by atoms with Gasteiger partial charge in [-0.15, -0.1) is 0 Å². The maximum Gasteiger partial charge on any atom is 0.527 e. The van der Waals surface area contributed by atoms with Gasteiger partial charge in [-0.2, -0.15) is 0 Å². The number of anilines is 1. The first-order valence-corrected chi connectivity index (χ1v) is 8.20. The molecular formula is C13H18NO6P. The second-order valence-electron chi connectivity index (χ2n) is 4.90. The summed E-state index contributed by atoms with van der Waals surface area (Å²) in [5.74, 6) is -1.04. The molecule has 0 aliphatic heterocycles. The van der Waals surface area contributed by atoms with Gasteiger partial charge in [0.2, 0.25) is 0 Å². The smallest absolute Gasteiger partial charge is 0.369 e. The molecule has 1 saturated carbocycles. The number of phosphoric ester groups is 1. The van der Waals surface area contributed by atoms with Gasteiger partial charge in [-0.1, -0.05) is 18.2 Å². The zero-order valence-electron chi connectivity index (χ0n) is 11.6. The molecule has 21 heavy (non-hydrogen) atoms. The van der Waals surface area contributed by atoms with Crippen LogP contribution in [0.2, 0.25) is 0 Å². The lowest BCUT2D eigenvalue weighted by Gasteiger charge is -2.35. The van der Waals surface area contributed by atoms with Crippen LogP contribution in [0.25, 0.3) is 0 Å². The van der Waals surface area contributed by atoms with E-state index in [0.717, 1.165) is 19.3 Å². The van der Waals surface area contributed by atoms with Crippen LogP contribution in [-0.2, 0) is 18.7 Å². The van der Waals surface area contributed by atoms with Crippen LogP contribution in [0.4, 0.5) is 5.69 Å². The van der Waals surface area contributed by atoms with Crippen molar-refractivity contribution in [3.05, 3.63) is 30.3 Å². The molecule has 8 heteroatoms. The zero-order chi connectivity index (χ0) is 15.5. The topological polar surface area (TPSA) is 96.3 Å². The average molecular weight is 315 g/mol. The monoisotopic (exact) mass is 315 g/mol. The van der Waals surface area contributed by atoms with Crippen LogP contribution in [0.1, 0.15) is 26.2 Å². The minimum atomic E-state index is -4.87. The number of hydrogen-bond donors (Lipinski definition) is 2. The molecule has 1 aromatic rings. The maximum atomic E-state index is 11.8. The Morgan fingerprint density at radius 1 is 1.33 bits per heavy atom. The molecule has 0 bridgehead atoms. The first-order chi connectivity index (χ1) is 9.87. The highest BCUT2D eigenvalue weighted by molar-refractivity contribution is 7.46. The van der Waals surface area contributed by atoms with Crippen LogP contribution in [-0.4, -0.2) is 27.9 Å². The molecule has 0 spiro atoms. The summed E-state index contributed by atoms with van der Waals surface area (Å²) < 4.78 is 14.9. The summed E-state index contributed by atoms with van der Waals surface area (Å²) in [5.41, 5.74) is 0.625. The number of rotatable bonds is 6. The van der Waals surface area contributed by atoms with Gasteiger partial charge in [-0.25, -0.2) is 14.4 Å². The maximum absolute atomic E-state index is 11.8. The SMILES string of the molecule is C[C@@H](C(=O)OP(=O)(O)O)N(OC1CCC1)c1ccccc1. The van der Waals surface area contributed by atoms with E-state index in [9.17, 15) is 9.36 Å². The van der Waals surface area contributed by atoms with Crippen LogP contribution >= 0.6 is 7.82 Å². The molecule has 0 aromatic heterocycles. The van der Waals surface area contributed by atoms with E-state index in [1.54, 1.807) is 24.3 Å². The molecule has 0 saturated heterocycles. The molecular weight excluding hydrogens is 297 g/mol. The minimum absolute atomic E-state index is 0.00973. The highest BCUT2D eigenvalue weighted by Gasteiger charge is 2.32. The lowest BCUT2D eigenvalue weighted by molar-refractivity contribution is -0.140. The van der Waals surface area contributed by atoms with Crippen molar-refractivity contribution >= 4 is 19.5 Å². The number of carbonyl (C=O) groups excluding carboxylic acids is 1. The van der Waals surface area contributed by atoms with E-state index in [-0.39, 0.29) is 6.10 Å². The summed E-state index contributed by atoms with van der Waals surface area (Å²) >= 11 is 0. The normalized spacial score (nSPS) is 16.9. The predicted octanol–water partition coefficient (Wildman–Crippen LogP) is 2.00. The van der Waals surface area contributed by atoms with Gasteiger partial charge >= 0.3 is 13.8 Å². The van der Waals surface area contributed by atoms with Gasteiger partial charge in [0, 0.05) is 0 Å². The number of nitrogens with zero attached hydrogens (tertiary/aromatic N) is 1. The van der Waals surface area contributed by atoms with Gasteiger partial charge < -0.3 is 4.52 Å². The van der Waals surface area contributed by atoms with Gasteiger partial charge in [0.05, 0.1) is 11.8 Å². The summed E-state index contributed by atoms with van der Waals surface area (Å²) in [6, 6.07) is 7.92. The molecule has 0 radical (unpaired) electrons. The van der Waals surface area contributed by atoms with Crippen molar-refractivity contribution in [2.24, 2.45) is 0 Å². The largest absolute Gasteiger partial charge is 0.527 e. The first-order valence-electron chi connectivity index (χ1n) is 6.67. The predicted molar refractivity (Wildman–Crippen MR) is 75.2 cm³/mol. The van der Waals surface area contributed by atoms with E-state index in [1.807, 2.05) is 6.07 Å². The van der Waals surface area contributed by atoms with Crippen LogP contribution in [0.5, 0.6) is 0 Å². The van der Waals surface area contributed by atoms with E-state index in [4.69, 9.17) is 14.6 Å².